The van der Waals surface area contributed by atoms with Crippen molar-refractivity contribution in [1.29, 1.82) is 0 Å². The fourth-order valence-electron chi connectivity index (χ4n) is 2.34. The van der Waals surface area contributed by atoms with E-state index in [0.29, 0.717) is 12.4 Å². The minimum absolute atomic E-state index is 0.0250. The summed E-state index contributed by atoms with van der Waals surface area (Å²) in [6.45, 7) is 2.26. The maximum absolute atomic E-state index is 12.3. The SMILES string of the molecule is Cc1cc(C(=O)Cn2cncn2)c(O)cc1OCc1ccccc1. The number of Topliss-reactive ketones (excluding diaryl/α,β-unsaturated/α-hetero) is 1. The Bertz CT molecular complexity index is 830. The fourth-order valence-corrected chi connectivity index (χ4v) is 2.34. The lowest BCUT2D eigenvalue weighted by Crippen LogP contribution is -2.11. The van der Waals surface area contributed by atoms with Gasteiger partial charge in [0.05, 0.1) is 5.56 Å². The fraction of sp³-hybridized carbons (Fsp3) is 0.167. The zero-order valence-electron chi connectivity index (χ0n) is 13.2. The molecule has 0 spiro atoms. The second-order valence-electron chi connectivity index (χ2n) is 5.43. The number of ketones is 1. The number of carbonyl (C=O) groups excluding carboxylic acids is 1. The summed E-state index contributed by atoms with van der Waals surface area (Å²) in [4.78, 5) is 16.1. The van der Waals surface area contributed by atoms with Gasteiger partial charge in [0.15, 0.2) is 5.78 Å². The van der Waals surface area contributed by atoms with Crippen molar-refractivity contribution >= 4 is 5.78 Å². The van der Waals surface area contributed by atoms with Crippen molar-refractivity contribution in [3.05, 3.63) is 71.8 Å². The number of aromatic nitrogens is 3. The molecule has 0 bridgehead atoms. The molecule has 0 saturated heterocycles. The highest BCUT2D eigenvalue weighted by atomic mass is 16.5. The zero-order chi connectivity index (χ0) is 16.9. The molecule has 3 rings (SSSR count). The van der Waals surface area contributed by atoms with E-state index in [4.69, 9.17) is 4.74 Å². The highest BCUT2D eigenvalue weighted by Crippen LogP contribution is 2.29. The van der Waals surface area contributed by atoms with Crippen LogP contribution in [0.5, 0.6) is 11.5 Å². The number of aryl methyl sites for hydroxylation is 1. The largest absolute Gasteiger partial charge is 0.507 e. The third-order valence-corrected chi connectivity index (χ3v) is 3.60. The number of nitrogens with zero attached hydrogens (tertiary/aromatic N) is 3. The molecule has 0 atom stereocenters. The minimum atomic E-state index is -0.240. The lowest BCUT2D eigenvalue weighted by atomic mass is 10.1. The van der Waals surface area contributed by atoms with Gasteiger partial charge >= 0.3 is 0 Å². The first kappa shape index (κ1) is 15.7. The predicted molar refractivity (Wildman–Crippen MR) is 88.0 cm³/mol. The van der Waals surface area contributed by atoms with Crippen molar-refractivity contribution in [3.63, 3.8) is 0 Å². The maximum Gasteiger partial charge on any atom is 0.188 e. The zero-order valence-corrected chi connectivity index (χ0v) is 13.2. The first-order valence-electron chi connectivity index (χ1n) is 7.49. The summed E-state index contributed by atoms with van der Waals surface area (Å²) in [5.41, 5.74) is 2.06. The van der Waals surface area contributed by atoms with Gasteiger partial charge in [0.2, 0.25) is 0 Å². The smallest absolute Gasteiger partial charge is 0.188 e. The van der Waals surface area contributed by atoms with E-state index >= 15 is 0 Å². The summed E-state index contributed by atoms with van der Waals surface area (Å²) in [7, 11) is 0. The number of phenols is 1. The molecule has 0 aliphatic heterocycles. The van der Waals surface area contributed by atoms with Gasteiger partial charge in [-0.05, 0) is 24.1 Å². The van der Waals surface area contributed by atoms with Crippen LogP contribution in [0.3, 0.4) is 0 Å². The minimum Gasteiger partial charge on any atom is -0.507 e. The normalized spacial score (nSPS) is 10.5. The molecule has 6 nitrogen and oxygen atoms in total. The Morgan fingerprint density at radius 3 is 2.75 bits per heavy atom. The number of carbonyl (C=O) groups is 1. The number of aromatic hydroxyl groups is 1. The topological polar surface area (TPSA) is 77.2 Å². The van der Waals surface area contributed by atoms with Crippen LogP contribution in [0.15, 0.2) is 55.1 Å². The monoisotopic (exact) mass is 323 g/mol. The third kappa shape index (κ3) is 3.60. The molecule has 0 unspecified atom stereocenters. The van der Waals surface area contributed by atoms with Crippen LogP contribution in [0.25, 0.3) is 0 Å². The van der Waals surface area contributed by atoms with Crippen molar-refractivity contribution in [2.75, 3.05) is 0 Å². The molecule has 0 saturated carbocycles. The van der Waals surface area contributed by atoms with Crippen molar-refractivity contribution in [3.8, 4) is 11.5 Å². The summed E-state index contributed by atoms with van der Waals surface area (Å²) >= 11 is 0. The quantitative estimate of drug-likeness (QED) is 0.706. The number of hydrogen-bond acceptors (Lipinski definition) is 5. The van der Waals surface area contributed by atoms with Gasteiger partial charge in [-0.25, -0.2) is 9.67 Å². The van der Waals surface area contributed by atoms with Gasteiger partial charge in [0, 0.05) is 6.07 Å². The Hall–Kier alpha value is -3.15. The van der Waals surface area contributed by atoms with Gasteiger partial charge in [0.1, 0.15) is 37.3 Å². The number of ether oxygens (including phenoxy) is 1. The van der Waals surface area contributed by atoms with Crippen LogP contribution >= 0.6 is 0 Å². The molecule has 1 N–H and O–H groups in total. The Balaban J connectivity index is 1.74. The summed E-state index contributed by atoms with van der Waals surface area (Å²) in [6, 6.07) is 12.9. The summed E-state index contributed by atoms with van der Waals surface area (Å²) < 4.78 is 7.16. The molecule has 1 aromatic heterocycles. The molecule has 2 aromatic carbocycles. The van der Waals surface area contributed by atoms with Crippen LogP contribution in [0.4, 0.5) is 0 Å². The average Bonchev–Trinajstić information content (AvgIpc) is 3.09. The Labute approximate surface area is 139 Å². The molecule has 0 aliphatic carbocycles. The van der Waals surface area contributed by atoms with Gasteiger partial charge in [-0.15, -0.1) is 0 Å². The molecular weight excluding hydrogens is 306 g/mol. The van der Waals surface area contributed by atoms with Crippen LogP contribution in [-0.4, -0.2) is 25.7 Å². The van der Waals surface area contributed by atoms with E-state index in [1.807, 2.05) is 37.3 Å². The predicted octanol–water partition coefficient (Wildman–Crippen LogP) is 2.75. The van der Waals surface area contributed by atoms with E-state index in [1.165, 1.54) is 23.4 Å². The Morgan fingerprint density at radius 2 is 2.04 bits per heavy atom. The van der Waals surface area contributed by atoms with Crippen LogP contribution < -0.4 is 4.74 Å². The molecule has 1 heterocycles. The second-order valence-corrected chi connectivity index (χ2v) is 5.43. The molecule has 6 heteroatoms. The van der Waals surface area contributed by atoms with Crippen molar-refractivity contribution in [2.24, 2.45) is 0 Å². The average molecular weight is 323 g/mol. The molecule has 0 fully saturated rings. The van der Waals surface area contributed by atoms with Crippen LogP contribution in [0.2, 0.25) is 0 Å². The summed E-state index contributed by atoms with van der Waals surface area (Å²) in [5.74, 6) is 0.207. The Morgan fingerprint density at radius 1 is 1.25 bits per heavy atom. The van der Waals surface area contributed by atoms with Crippen molar-refractivity contribution in [2.45, 2.75) is 20.1 Å². The maximum atomic E-state index is 12.3. The first-order chi connectivity index (χ1) is 11.6. The lowest BCUT2D eigenvalue weighted by Gasteiger charge is -2.12. The van der Waals surface area contributed by atoms with Gasteiger partial charge in [-0.2, -0.15) is 5.10 Å². The number of rotatable bonds is 6. The van der Waals surface area contributed by atoms with Gasteiger partial charge in [-0.3, -0.25) is 4.79 Å². The van der Waals surface area contributed by atoms with Crippen molar-refractivity contribution < 1.29 is 14.6 Å². The van der Waals surface area contributed by atoms with Crippen LogP contribution in [-0.2, 0) is 13.2 Å². The summed E-state index contributed by atoms with van der Waals surface area (Å²) in [5, 5.41) is 14.1. The number of benzene rings is 2. The number of hydrogen-bond donors (Lipinski definition) is 1. The highest BCUT2D eigenvalue weighted by Gasteiger charge is 2.15. The van der Waals surface area contributed by atoms with E-state index in [9.17, 15) is 9.90 Å². The molecule has 0 radical (unpaired) electrons. The molecule has 24 heavy (non-hydrogen) atoms. The van der Waals surface area contributed by atoms with Gasteiger partial charge in [0.25, 0.3) is 0 Å². The molecule has 0 amide bonds. The van der Waals surface area contributed by atoms with E-state index in [2.05, 4.69) is 10.1 Å². The second kappa shape index (κ2) is 6.95. The van der Waals surface area contributed by atoms with Crippen molar-refractivity contribution in [1.82, 2.24) is 14.8 Å². The Kier molecular flexibility index (Phi) is 4.56. The lowest BCUT2D eigenvalue weighted by molar-refractivity contribution is 0.0965. The first-order valence-corrected chi connectivity index (χ1v) is 7.49. The van der Waals surface area contributed by atoms with E-state index < -0.39 is 0 Å². The number of phenolic OH excluding ortho intramolecular Hbond substituents is 1. The van der Waals surface area contributed by atoms with Gasteiger partial charge in [-0.1, -0.05) is 30.3 Å². The van der Waals surface area contributed by atoms with Gasteiger partial charge < -0.3 is 9.84 Å². The van der Waals surface area contributed by atoms with E-state index in [0.717, 1.165) is 11.1 Å². The molecule has 122 valence electrons. The summed E-state index contributed by atoms with van der Waals surface area (Å²) in [6.07, 6.45) is 2.82. The highest BCUT2D eigenvalue weighted by molar-refractivity contribution is 5.98. The molecule has 3 aromatic rings. The van der Waals surface area contributed by atoms with E-state index in [-0.39, 0.29) is 23.6 Å². The molecular formula is C18H17N3O3. The van der Waals surface area contributed by atoms with Crippen LogP contribution in [0, 0.1) is 6.92 Å². The van der Waals surface area contributed by atoms with Crippen LogP contribution in [0.1, 0.15) is 21.5 Å². The molecule has 0 aliphatic rings. The third-order valence-electron chi connectivity index (χ3n) is 3.60. The van der Waals surface area contributed by atoms with E-state index in [1.54, 1.807) is 6.07 Å². The standard InChI is InChI=1S/C18H17N3O3/c1-13-7-15(17(23)9-21-12-19-11-20-21)16(22)8-18(13)24-10-14-5-3-2-4-6-14/h2-8,11-12,22H,9-10H2,1H3.